The van der Waals surface area contributed by atoms with Crippen LogP contribution >= 0.6 is 24.0 Å². The van der Waals surface area contributed by atoms with Crippen LogP contribution in [0.1, 0.15) is 24.5 Å². The van der Waals surface area contributed by atoms with Crippen molar-refractivity contribution in [3.05, 3.63) is 34.9 Å². The number of amides is 1. The van der Waals surface area contributed by atoms with Crippen molar-refractivity contribution < 1.29 is 9.90 Å². The molecule has 1 aromatic rings. The Bertz CT molecular complexity index is 358. The van der Waals surface area contributed by atoms with Gasteiger partial charge in [-0.3, -0.25) is 4.79 Å². The Morgan fingerprint density at radius 1 is 1.39 bits per heavy atom. The molecule has 4 nitrogen and oxygen atoms in total. The third-order valence-corrected chi connectivity index (χ3v) is 2.61. The average molecular weight is 293 g/mol. The van der Waals surface area contributed by atoms with Gasteiger partial charge in [0, 0.05) is 18.0 Å². The summed E-state index contributed by atoms with van der Waals surface area (Å²) < 4.78 is 0. The van der Waals surface area contributed by atoms with Gasteiger partial charge in [0.2, 0.25) is 5.91 Å². The third kappa shape index (κ3) is 6.21. The van der Waals surface area contributed by atoms with E-state index < -0.39 is 6.10 Å². The molecular formula is C12H18Cl2N2O2. The number of carbonyl (C=O) groups excluding carboxylic acids is 1. The van der Waals surface area contributed by atoms with E-state index in [1.165, 1.54) is 0 Å². The molecule has 0 aliphatic rings. The fourth-order valence-corrected chi connectivity index (χ4v) is 1.49. The quantitative estimate of drug-likeness (QED) is 0.746. The van der Waals surface area contributed by atoms with E-state index in [9.17, 15) is 9.90 Å². The van der Waals surface area contributed by atoms with Crippen LogP contribution in [0.15, 0.2) is 24.3 Å². The topological polar surface area (TPSA) is 75.4 Å². The Labute approximate surface area is 118 Å². The van der Waals surface area contributed by atoms with Crippen LogP contribution in [0.25, 0.3) is 0 Å². The minimum atomic E-state index is -0.714. The van der Waals surface area contributed by atoms with Crippen molar-refractivity contribution in [2.45, 2.75) is 18.9 Å². The maximum atomic E-state index is 11.3. The lowest BCUT2D eigenvalue weighted by molar-refractivity contribution is -0.121. The molecule has 0 aliphatic carbocycles. The smallest absolute Gasteiger partial charge is 0.220 e. The van der Waals surface area contributed by atoms with Gasteiger partial charge in [0.1, 0.15) is 0 Å². The number of halogens is 2. The Kier molecular flexibility index (Phi) is 8.75. The normalized spacial score (nSPS) is 11.5. The zero-order valence-corrected chi connectivity index (χ0v) is 11.5. The number of nitrogens with one attached hydrogen (secondary N) is 1. The minimum absolute atomic E-state index is 0. The summed E-state index contributed by atoms with van der Waals surface area (Å²) in [4.78, 5) is 11.3. The first kappa shape index (κ1) is 17.2. The molecule has 0 aliphatic heterocycles. The lowest BCUT2D eigenvalue weighted by Crippen LogP contribution is -2.28. The van der Waals surface area contributed by atoms with Crippen molar-refractivity contribution >= 4 is 29.9 Å². The SMILES string of the molecule is Cl.NCCCC(=O)NCC(O)c1ccc(Cl)cc1. The van der Waals surface area contributed by atoms with Crippen LogP contribution in [0.4, 0.5) is 0 Å². The predicted molar refractivity (Wildman–Crippen MR) is 75.0 cm³/mol. The lowest BCUT2D eigenvalue weighted by atomic mass is 10.1. The van der Waals surface area contributed by atoms with E-state index in [1.54, 1.807) is 24.3 Å². The van der Waals surface area contributed by atoms with Gasteiger partial charge in [-0.25, -0.2) is 0 Å². The molecule has 1 atom stereocenters. The highest BCUT2D eigenvalue weighted by Gasteiger charge is 2.08. The van der Waals surface area contributed by atoms with Crippen molar-refractivity contribution in [3.8, 4) is 0 Å². The first-order valence-corrected chi connectivity index (χ1v) is 5.91. The molecule has 102 valence electrons. The molecule has 6 heteroatoms. The van der Waals surface area contributed by atoms with E-state index in [0.717, 1.165) is 5.56 Å². The molecule has 0 aromatic heterocycles. The van der Waals surface area contributed by atoms with Gasteiger partial charge in [-0.05, 0) is 30.7 Å². The molecule has 0 heterocycles. The number of rotatable bonds is 6. The second-order valence-electron chi connectivity index (χ2n) is 3.76. The highest BCUT2D eigenvalue weighted by molar-refractivity contribution is 6.30. The summed E-state index contributed by atoms with van der Waals surface area (Å²) in [5.74, 6) is -0.0940. The summed E-state index contributed by atoms with van der Waals surface area (Å²) in [6, 6.07) is 6.88. The third-order valence-electron chi connectivity index (χ3n) is 2.36. The molecule has 0 spiro atoms. The zero-order valence-electron chi connectivity index (χ0n) is 9.93. The second kappa shape index (κ2) is 9.16. The molecule has 0 fully saturated rings. The van der Waals surface area contributed by atoms with Crippen LogP contribution in [0, 0.1) is 0 Å². The number of benzene rings is 1. The number of hydrogen-bond acceptors (Lipinski definition) is 3. The average Bonchev–Trinajstić information content (AvgIpc) is 2.34. The van der Waals surface area contributed by atoms with Crippen LogP contribution in [0.2, 0.25) is 5.02 Å². The van der Waals surface area contributed by atoms with Crippen LogP contribution < -0.4 is 11.1 Å². The number of carbonyl (C=O) groups is 1. The monoisotopic (exact) mass is 292 g/mol. The van der Waals surface area contributed by atoms with E-state index in [1.807, 2.05) is 0 Å². The summed E-state index contributed by atoms with van der Waals surface area (Å²) in [5.41, 5.74) is 6.03. The molecule has 0 saturated carbocycles. The van der Waals surface area contributed by atoms with E-state index >= 15 is 0 Å². The number of aliphatic hydroxyl groups is 1. The summed E-state index contributed by atoms with van der Waals surface area (Å²) >= 11 is 5.74. The number of aliphatic hydroxyl groups excluding tert-OH is 1. The van der Waals surface area contributed by atoms with Gasteiger partial charge in [-0.2, -0.15) is 0 Å². The Morgan fingerprint density at radius 2 is 2.00 bits per heavy atom. The molecular weight excluding hydrogens is 275 g/mol. The lowest BCUT2D eigenvalue weighted by Gasteiger charge is -2.12. The standard InChI is InChI=1S/C12H17ClN2O2.ClH/c13-10-5-3-9(4-6-10)11(16)8-15-12(17)2-1-7-14;/h3-6,11,16H,1-2,7-8,14H2,(H,15,17);1H. The fourth-order valence-electron chi connectivity index (χ4n) is 1.36. The largest absolute Gasteiger partial charge is 0.387 e. The second-order valence-corrected chi connectivity index (χ2v) is 4.20. The van der Waals surface area contributed by atoms with Gasteiger partial charge >= 0.3 is 0 Å². The first-order valence-electron chi connectivity index (χ1n) is 5.53. The maximum Gasteiger partial charge on any atom is 0.220 e. The van der Waals surface area contributed by atoms with Crippen molar-refractivity contribution in [3.63, 3.8) is 0 Å². The molecule has 1 unspecified atom stereocenters. The van der Waals surface area contributed by atoms with Gasteiger partial charge in [-0.15, -0.1) is 12.4 Å². The number of hydrogen-bond donors (Lipinski definition) is 3. The van der Waals surface area contributed by atoms with Gasteiger partial charge in [0.15, 0.2) is 0 Å². The Balaban J connectivity index is 0.00000289. The first-order chi connectivity index (χ1) is 8.13. The van der Waals surface area contributed by atoms with Crippen LogP contribution in [0.3, 0.4) is 0 Å². The van der Waals surface area contributed by atoms with Crippen LogP contribution in [-0.2, 0) is 4.79 Å². The summed E-state index contributed by atoms with van der Waals surface area (Å²) in [6.07, 6.45) is 0.335. The van der Waals surface area contributed by atoms with E-state index in [0.29, 0.717) is 24.4 Å². The van der Waals surface area contributed by atoms with Crippen LogP contribution in [0.5, 0.6) is 0 Å². The van der Waals surface area contributed by atoms with Crippen molar-refractivity contribution in [1.29, 1.82) is 0 Å². The molecule has 1 aromatic carbocycles. The Hall–Kier alpha value is -0.810. The maximum absolute atomic E-state index is 11.3. The van der Waals surface area contributed by atoms with E-state index in [-0.39, 0.29) is 24.9 Å². The minimum Gasteiger partial charge on any atom is -0.387 e. The molecule has 1 amide bonds. The molecule has 0 radical (unpaired) electrons. The summed E-state index contributed by atoms with van der Waals surface area (Å²) in [7, 11) is 0. The van der Waals surface area contributed by atoms with Gasteiger partial charge in [-0.1, -0.05) is 23.7 Å². The molecule has 4 N–H and O–H groups in total. The highest BCUT2D eigenvalue weighted by Crippen LogP contribution is 2.15. The van der Waals surface area contributed by atoms with Crippen molar-refractivity contribution in [2.75, 3.05) is 13.1 Å². The molecule has 0 saturated heterocycles. The predicted octanol–water partition coefficient (Wildman–Crippen LogP) is 1.65. The van der Waals surface area contributed by atoms with Crippen molar-refractivity contribution in [2.24, 2.45) is 5.73 Å². The van der Waals surface area contributed by atoms with Gasteiger partial charge in [0.25, 0.3) is 0 Å². The summed E-state index contributed by atoms with van der Waals surface area (Å²) in [6.45, 7) is 0.693. The zero-order chi connectivity index (χ0) is 12.7. The molecule has 0 bridgehead atoms. The van der Waals surface area contributed by atoms with Crippen molar-refractivity contribution in [1.82, 2.24) is 5.32 Å². The van der Waals surface area contributed by atoms with E-state index in [2.05, 4.69) is 5.32 Å². The fraction of sp³-hybridized carbons (Fsp3) is 0.417. The highest BCUT2D eigenvalue weighted by atomic mass is 35.5. The molecule has 18 heavy (non-hydrogen) atoms. The van der Waals surface area contributed by atoms with Gasteiger partial charge < -0.3 is 16.2 Å². The van der Waals surface area contributed by atoms with E-state index in [4.69, 9.17) is 17.3 Å². The van der Waals surface area contributed by atoms with Crippen LogP contribution in [-0.4, -0.2) is 24.1 Å². The summed E-state index contributed by atoms with van der Waals surface area (Å²) in [5, 5.41) is 13.1. The molecule has 1 rings (SSSR count). The van der Waals surface area contributed by atoms with Gasteiger partial charge in [0.05, 0.1) is 6.10 Å². The number of nitrogens with two attached hydrogens (primary N) is 1. The Morgan fingerprint density at radius 3 is 2.56 bits per heavy atom.